The number of hydrogen-bond acceptors (Lipinski definition) is 3. The van der Waals surface area contributed by atoms with Crippen LogP contribution in [-0.2, 0) is 0 Å². The molecule has 2 aromatic rings. The van der Waals surface area contributed by atoms with Crippen molar-refractivity contribution in [3.8, 4) is 0 Å². The largest absolute Gasteiger partial charge is 0.463 e. The van der Waals surface area contributed by atoms with Crippen molar-refractivity contribution in [1.29, 1.82) is 0 Å². The molecule has 0 bridgehead atoms. The summed E-state index contributed by atoms with van der Waals surface area (Å²) in [4.78, 5) is 15.1. The van der Waals surface area contributed by atoms with Gasteiger partial charge >= 0.3 is 6.09 Å². The first-order chi connectivity index (χ1) is 9.16. The monoisotopic (exact) mass is 367 g/mol. The van der Waals surface area contributed by atoms with Crippen LogP contribution in [0.3, 0.4) is 0 Å². The van der Waals surface area contributed by atoms with E-state index >= 15 is 0 Å². The third-order valence-electron chi connectivity index (χ3n) is 2.28. The minimum Gasteiger partial charge on any atom is -0.463 e. The van der Waals surface area contributed by atoms with Gasteiger partial charge in [-0.05, 0) is 64.6 Å². The Kier molecular flexibility index (Phi) is 4.45. The lowest BCUT2D eigenvalue weighted by molar-refractivity contribution is 0.202. The molecule has 2 rings (SSSR count). The molecule has 96 valence electrons. The summed E-state index contributed by atoms with van der Waals surface area (Å²) < 4.78 is 1.03. The van der Waals surface area contributed by atoms with Gasteiger partial charge in [0.25, 0.3) is 0 Å². The normalized spacial score (nSPS) is 10.6. The average molecular weight is 367 g/mol. The van der Waals surface area contributed by atoms with E-state index in [9.17, 15) is 9.90 Å². The Labute approximate surface area is 123 Å². The van der Waals surface area contributed by atoms with Crippen molar-refractivity contribution in [2.75, 3.05) is 5.01 Å². The van der Waals surface area contributed by atoms with Crippen LogP contribution in [0.25, 0.3) is 0 Å². The number of aromatic nitrogens is 1. The lowest BCUT2D eigenvalue weighted by Crippen LogP contribution is -2.23. The van der Waals surface area contributed by atoms with Gasteiger partial charge in [0, 0.05) is 16.0 Å². The zero-order valence-electron chi connectivity index (χ0n) is 9.77. The molecule has 0 radical (unpaired) electrons. The lowest BCUT2D eigenvalue weighted by Gasteiger charge is -2.12. The van der Waals surface area contributed by atoms with Gasteiger partial charge in [0.2, 0.25) is 0 Å². The number of anilines is 1. The highest BCUT2D eigenvalue weighted by molar-refractivity contribution is 14.1. The van der Waals surface area contributed by atoms with E-state index in [2.05, 4.69) is 32.7 Å². The van der Waals surface area contributed by atoms with Crippen molar-refractivity contribution in [2.24, 2.45) is 5.10 Å². The smallest absolute Gasteiger partial charge is 0.432 e. The molecular weight excluding hydrogens is 357 g/mol. The number of hydrazone groups is 1. The maximum absolute atomic E-state index is 11.2. The van der Waals surface area contributed by atoms with Crippen LogP contribution in [-0.4, -0.2) is 22.4 Å². The maximum Gasteiger partial charge on any atom is 0.432 e. The molecule has 6 heteroatoms. The first-order valence-electron chi connectivity index (χ1n) is 5.39. The molecule has 19 heavy (non-hydrogen) atoms. The second-order valence-electron chi connectivity index (χ2n) is 3.60. The molecule has 0 spiro atoms. The molecule has 0 aliphatic rings. The number of halogens is 1. The molecule has 0 saturated heterocycles. The van der Waals surface area contributed by atoms with Crippen molar-refractivity contribution in [2.45, 2.75) is 0 Å². The quantitative estimate of drug-likeness (QED) is 0.515. The van der Waals surface area contributed by atoms with E-state index in [0.29, 0.717) is 5.69 Å². The maximum atomic E-state index is 11.2. The van der Waals surface area contributed by atoms with Gasteiger partial charge in [-0.3, -0.25) is 4.98 Å². The Hall–Kier alpha value is -1.96. The predicted molar refractivity (Wildman–Crippen MR) is 81.5 cm³/mol. The highest BCUT2D eigenvalue weighted by atomic mass is 127. The molecule has 1 heterocycles. The number of rotatable bonds is 3. The van der Waals surface area contributed by atoms with Crippen LogP contribution in [0, 0.1) is 3.57 Å². The van der Waals surface area contributed by atoms with Crippen LogP contribution in [0.2, 0.25) is 0 Å². The fraction of sp³-hybridized carbons (Fsp3) is 0. The highest BCUT2D eigenvalue weighted by Crippen LogP contribution is 2.17. The summed E-state index contributed by atoms with van der Waals surface area (Å²) >= 11 is 2.16. The SMILES string of the molecule is O=C(O)N(/N=C\c1ccncc1)c1ccc(I)cc1. The van der Waals surface area contributed by atoms with Crippen LogP contribution in [0.1, 0.15) is 5.56 Å². The zero-order chi connectivity index (χ0) is 13.7. The molecule has 0 aliphatic carbocycles. The van der Waals surface area contributed by atoms with Crippen LogP contribution >= 0.6 is 22.6 Å². The van der Waals surface area contributed by atoms with Crippen LogP contribution < -0.4 is 5.01 Å². The van der Waals surface area contributed by atoms with E-state index in [-0.39, 0.29) is 0 Å². The summed E-state index contributed by atoms with van der Waals surface area (Å²) in [5.74, 6) is 0. The van der Waals surface area contributed by atoms with E-state index in [4.69, 9.17) is 0 Å². The molecule has 1 N–H and O–H groups in total. The van der Waals surface area contributed by atoms with E-state index in [1.807, 2.05) is 12.1 Å². The Morgan fingerprint density at radius 1 is 1.21 bits per heavy atom. The molecule has 0 atom stereocenters. The Morgan fingerprint density at radius 2 is 1.84 bits per heavy atom. The fourth-order valence-electron chi connectivity index (χ4n) is 1.38. The van der Waals surface area contributed by atoms with E-state index in [0.717, 1.165) is 14.1 Å². The van der Waals surface area contributed by atoms with Gasteiger partial charge in [-0.25, -0.2) is 4.79 Å². The number of carbonyl (C=O) groups is 1. The van der Waals surface area contributed by atoms with Gasteiger partial charge in [0.15, 0.2) is 0 Å². The third-order valence-corrected chi connectivity index (χ3v) is 3.00. The summed E-state index contributed by atoms with van der Waals surface area (Å²) in [6.45, 7) is 0. The van der Waals surface area contributed by atoms with Crippen molar-refractivity contribution in [1.82, 2.24) is 4.98 Å². The summed E-state index contributed by atoms with van der Waals surface area (Å²) in [6.07, 6.45) is 3.59. The molecule has 1 aromatic heterocycles. The van der Waals surface area contributed by atoms with Gasteiger partial charge in [0.05, 0.1) is 11.9 Å². The number of nitrogens with zero attached hydrogens (tertiary/aromatic N) is 3. The van der Waals surface area contributed by atoms with Crippen LogP contribution in [0.15, 0.2) is 53.9 Å². The number of amides is 1. The molecule has 0 unspecified atom stereocenters. The Morgan fingerprint density at radius 3 is 2.42 bits per heavy atom. The van der Waals surface area contributed by atoms with Gasteiger partial charge in [-0.15, -0.1) is 0 Å². The average Bonchev–Trinajstić information content (AvgIpc) is 2.42. The summed E-state index contributed by atoms with van der Waals surface area (Å²) in [6, 6.07) is 10.6. The van der Waals surface area contributed by atoms with Crippen molar-refractivity contribution < 1.29 is 9.90 Å². The molecular formula is C13H10IN3O2. The summed E-state index contributed by atoms with van der Waals surface area (Å²) in [7, 11) is 0. The van der Waals surface area contributed by atoms with Crippen molar-refractivity contribution in [3.05, 3.63) is 57.9 Å². The third kappa shape index (κ3) is 3.75. The number of carboxylic acid groups (broad SMARTS) is 1. The molecule has 1 aromatic carbocycles. The number of benzene rings is 1. The predicted octanol–water partition coefficient (Wildman–Crippen LogP) is 3.20. The molecule has 5 nitrogen and oxygen atoms in total. The topological polar surface area (TPSA) is 65.8 Å². The minimum absolute atomic E-state index is 0.498. The first kappa shape index (κ1) is 13.5. The van der Waals surface area contributed by atoms with Gasteiger partial charge in [-0.2, -0.15) is 10.1 Å². The van der Waals surface area contributed by atoms with Gasteiger partial charge in [-0.1, -0.05) is 0 Å². The summed E-state index contributed by atoms with van der Waals surface area (Å²) in [5.41, 5.74) is 1.28. The lowest BCUT2D eigenvalue weighted by atomic mass is 10.3. The zero-order valence-corrected chi connectivity index (χ0v) is 11.9. The highest BCUT2D eigenvalue weighted by Gasteiger charge is 2.12. The van der Waals surface area contributed by atoms with E-state index in [1.54, 1.807) is 36.7 Å². The fourth-order valence-corrected chi connectivity index (χ4v) is 1.74. The second kappa shape index (κ2) is 6.28. The van der Waals surface area contributed by atoms with Gasteiger partial charge in [0.1, 0.15) is 0 Å². The second-order valence-corrected chi connectivity index (χ2v) is 4.84. The Bertz CT molecular complexity index is 585. The first-order valence-corrected chi connectivity index (χ1v) is 6.47. The van der Waals surface area contributed by atoms with Crippen LogP contribution in [0.4, 0.5) is 10.5 Å². The van der Waals surface area contributed by atoms with Crippen molar-refractivity contribution in [3.63, 3.8) is 0 Å². The molecule has 0 saturated carbocycles. The molecule has 0 aliphatic heterocycles. The molecule has 0 fully saturated rings. The Balaban J connectivity index is 2.24. The van der Waals surface area contributed by atoms with E-state index < -0.39 is 6.09 Å². The van der Waals surface area contributed by atoms with Crippen molar-refractivity contribution >= 4 is 40.6 Å². The summed E-state index contributed by atoms with van der Waals surface area (Å²) in [5, 5.41) is 14.1. The standard InChI is InChI=1S/C13H10IN3O2/c14-11-1-3-12(4-2-11)17(13(18)19)16-9-10-5-7-15-8-6-10/h1-9H,(H,18,19)/b16-9-. The number of hydrogen-bond donors (Lipinski definition) is 1. The van der Waals surface area contributed by atoms with E-state index in [1.165, 1.54) is 6.21 Å². The van der Waals surface area contributed by atoms with Gasteiger partial charge < -0.3 is 5.11 Å². The minimum atomic E-state index is -1.13. The number of pyridine rings is 1. The van der Waals surface area contributed by atoms with Crippen LogP contribution in [0.5, 0.6) is 0 Å². The molecule has 1 amide bonds.